The molecule has 0 saturated carbocycles. The summed E-state index contributed by atoms with van der Waals surface area (Å²) in [6, 6.07) is 23.5. The third-order valence-corrected chi connectivity index (χ3v) is 6.93. The van der Waals surface area contributed by atoms with E-state index in [0.29, 0.717) is 41.3 Å². The number of fused-ring (bicyclic) bond motifs is 2. The molecule has 0 aliphatic heterocycles. The van der Waals surface area contributed by atoms with E-state index in [2.05, 4.69) is 67.3 Å². The van der Waals surface area contributed by atoms with Crippen LogP contribution in [0.4, 0.5) is 10.2 Å². The zero-order chi connectivity index (χ0) is 27.3. The van der Waals surface area contributed by atoms with E-state index in [1.165, 1.54) is 11.6 Å². The van der Waals surface area contributed by atoms with Gasteiger partial charge in [0.2, 0.25) is 0 Å². The molecule has 0 bridgehead atoms. The number of para-hydroxylation sites is 2. The Kier molecular flexibility index (Phi) is 7.45. The van der Waals surface area contributed by atoms with Gasteiger partial charge in [0.15, 0.2) is 22.8 Å². The second kappa shape index (κ2) is 11.6. The van der Waals surface area contributed by atoms with Crippen LogP contribution in [0.5, 0.6) is 0 Å². The summed E-state index contributed by atoms with van der Waals surface area (Å²) in [6.07, 6.45) is 4.14. The first kappa shape index (κ1) is 25.6. The average Bonchev–Trinajstić information content (AvgIpc) is 3.54. The van der Waals surface area contributed by atoms with Crippen LogP contribution in [-0.4, -0.2) is 37.6 Å². The highest BCUT2D eigenvalue weighted by molar-refractivity contribution is 5.83. The van der Waals surface area contributed by atoms with Gasteiger partial charge in [-0.25, -0.2) is 19.3 Å². The number of aryl methyl sites for hydroxylation is 2. The van der Waals surface area contributed by atoms with E-state index in [1.54, 1.807) is 18.3 Å². The van der Waals surface area contributed by atoms with Crippen molar-refractivity contribution < 1.29 is 8.81 Å². The maximum Gasteiger partial charge on any atom is 0.196 e. The lowest BCUT2D eigenvalue weighted by atomic mass is 10.1. The molecule has 4 aromatic heterocycles. The fourth-order valence-corrected chi connectivity index (χ4v) is 4.94. The molecule has 0 unspecified atom stereocenters. The molecule has 0 fully saturated rings. The molecule has 0 aliphatic rings. The van der Waals surface area contributed by atoms with Gasteiger partial charge in [0.05, 0.1) is 22.4 Å². The van der Waals surface area contributed by atoms with E-state index in [-0.39, 0.29) is 18.1 Å². The second-order valence-electron chi connectivity index (χ2n) is 9.72. The lowest BCUT2D eigenvalue weighted by Gasteiger charge is -2.10. The minimum atomic E-state index is -0.376. The van der Waals surface area contributed by atoms with Gasteiger partial charge >= 0.3 is 0 Å². The fourth-order valence-electron chi connectivity index (χ4n) is 4.94. The first-order chi connectivity index (χ1) is 19.6. The molecule has 2 aromatic carbocycles. The standard InChI is InChI=1S/C31H30FN7O/c32-23-9-6-15-35-25(23)19-22-20-27-30(31(33)36-22)38-29(40-27)13-17-34-16-12-28-37-24-10-4-5-11-26(24)39(28)18-14-21-7-2-1-3-8-21/h1-11,15,20,34H,12-14,16-19H2,(H2,33,36). The first-order valence-electron chi connectivity index (χ1n) is 13.5. The van der Waals surface area contributed by atoms with E-state index >= 15 is 0 Å². The number of nitrogens with one attached hydrogen (secondary N) is 1. The minimum absolute atomic E-state index is 0.223. The van der Waals surface area contributed by atoms with Crippen LogP contribution in [0.15, 0.2) is 83.4 Å². The number of rotatable bonds is 11. The van der Waals surface area contributed by atoms with E-state index in [9.17, 15) is 4.39 Å². The van der Waals surface area contributed by atoms with Gasteiger partial charge in [-0.1, -0.05) is 42.5 Å². The number of nitrogens with zero attached hydrogens (tertiary/aromatic N) is 5. The summed E-state index contributed by atoms with van der Waals surface area (Å²) in [6.45, 7) is 2.35. The van der Waals surface area contributed by atoms with E-state index in [4.69, 9.17) is 15.1 Å². The Balaban J connectivity index is 1.07. The molecule has 40 heavy (non-hydrogen) atoms. The molecule has 6 aromatic rings. The summed E-state index contributed by atoms with van der Waals surface area (Å²) in [4.78, 5) is 17.9. The SMILES string of the molecule is Nc1nc(Cc2ncccc2F)cc2oc(CCNCCc3nc4ccccc4n3CCc3ccccc3)nc12. The summed E-state index contributed by atoms with van der Waals surface area (Å²) >= 11 is 0. The van der Waals surface area contributed by atoms with Crippen molar-refractivity contribution in [2.45, 2.75) is 32.2 Å². The molecule has 0 radical (unpaired) electrons. The van der Waals surface area contributed by atoms with Crippen LogP contribution in [0.1, 0.15) is 28.7 Å². The van der Waals surface area contributed by atoms with Crippen molar-refractivity contribution in [2.24, 2.45) is 0 Å². The lowest BCUT2D eigenvalue weighted by Crippen LogP contribution is -2.21. The quantitative estimate of drug-likeness (QED) is 0.227. The third-order valence-electron chi connectivity index (χ3n) is 6.93. The number of oxazole rings is 1. The monoisotopic (exact) mass is 535 g/mol. The molecule has 0 aliphatic carbocycles. The van der Waals surface area contributed by atoms with Gasteiger partial charge in [-0.15, -0.1) is 0 Å². The van der Waals surface area contributed by atoms with Gasteiger partial charge in [0, 0.05) is 51.2 Å². The Morgan fingerprint density at radius 2 is 1.70 bits per heavy atom. The molecular formula is C31H30FN7O. The van der Waals surface area contributed by atoms with Gasteiger partial charge in [-0.3, -0.25) is 4.98 Å². The molecule has 9 heteroatoms. The average molecular weight is 536 g/mol. The highest BCUT2D eigenvalue weighted by Gasteiger charge is 2.14. The van der Waals surface area contributed by atoms with E-state index in [0.717, 1.165) is 42.8 Å². The number of imidazole rings is 1. The van der Waals surface area contributed by atoms with E-state index < -0.39 is 0 Å². The van der Waals surface area contributed by atoms with Crippen LogP contribution >= 0.6 is 0 Å². The molecule has 8 nitrogen and oxygen atoms in total. The van der Waals surface area contributed by atoms with Crippen LogP contribution in [-0.2, 0) is 32.2 Å². The van der Waals surface area contributed by atoms with Crippen molar-refractivity contribution in [3.8, 4) is 0 Å². The molecule has 0 spiro atoms. The van der Waals surface area contributed by atoms with Crippen LogP contribution in [0.2, 0.25) is 0 Å². The smallest absolute Gasteiger partial charge is 0.196 e. The number of hydrogen-bond acceptors (Lipinski definition) is 7. The zero-order valence-corrected chi connectivity index (χ0v) is 22.1. The summed E-state index contributed by atoms with van der Waals surface area (Å²) in [7, 11) is 0. The highest BCUT2D eigenvalue weighted by atomic mass is 19.1. The highest BCUT2D eigenvalue weighted by Crippen LogP contribution is 2.23. The molecular weight excluding hydrogens is 505 g/mol. The topological polar surface area (TPSA) is 108 Å². The molecule has 0 amide bonds. The number of aromatic nitrogens is 5. The molecule has 0 atom stereocenters. The molecule has 0 saturated heterocycles. The number of anilines is 1. The second-order valence-corrected chi connectivity index (χ2v) is 9.72. The van der Waals surface area contributed by atoms with Gasteiger partial charge in [0.25, 0.3) is 0 Å². The Morgan fingerprint density at radius 1 is 0.875 bits per heavy atom. The summed E-state index contributed by atoms with van der Waals surface area (Å²) in [5, 5.41) is 3.49. The van der Waals surface area contributed by atoms with Crippen molar-refractivity contribution in [2.75, 3.05) is 18.8 Å². The molecule has 3 N–H and O–H groups in total. The number of nitrogen functional groups attached to an aromatic ring is 1. The van der Waals surface area contributed by atoms with Gasteiger partial charge in [-0.05, 0) is 36.2 Å². The van der Waals surface area contributed by atoms with Crippen LogP contribution in [0.25, 0.3) is 22.1 Å². The lowest BCUT2D eigenvalue weighted by molar-refractivity contribution is 0.513. The maximum absolute atomic E-state index is 14.0. The maximum atomic E-state index is 14.0. The minimum Gasteiger partial charge on any atom is -0.440 e. The summed E-state index contributed by atoms with van der Waals surface area (Å²) in [5.74, 6) is 1.54. The van der Waals surface area contributed by atoms with Crippen LogP contribution < -0.4 is 11.1 Å². The number of pyridine rings is 2. The van der Waals surface area contributed by atoms with Gasteiger partial charge < -0.3 is 20.0 Å². The van der Waals surface area contributed by atoms with Crippen molar-refractivity contribution >= 4 is 28.0 Å². The van der Waals surface area contributed by atoms with Crippen LogP contribution in [0.3, 0.4) is 0 Å². The summed E-state index contributed by atoms with van der Waals surface area (Å²) < 4.78 is 22.3. The predicted molar refractivity (Wildman–Crippen MR) is 153 cm³/mol. The zero-order valence-electron chi connectivity index (χ0n) is 22.1. The van der Waals surface area contributed by atoms with E-state index in [1.807, 2.05) is 12.1 Å². The predicted octanol–water partition coefficient (Wildman–Crippen LogP) is 4.90. The Bertz CT molecular complexity index is 1750. The molecule has 4 heterocycles. The Hall–Kier alpha value is -4.63. The third kappa shape index (κ3) is 5.69. The first-order valence-corrected chi connectivity index (χ1v) is 13.5. The fraction of sp³-hybridized carbons (Fsp3) is 0.226. The number of hydrogen-bond donors (Lipinski definition) is 2. The number of nitrogens with two attached hydrogens (primary N) is 1. The van der Waals surface area contributed by atoms with Crippen molar-refractivity contribution in [3.05, 3.63) is 113 Å². The van der Waals surface area contributed by atoms with Gasteiger partial charge in [0.1, 0.15) is 11.6 Å². The Labute approximate surface area is 231 Å². The largest absolute Gasteiger partial charge is 0.440 e. The molecule has 6 rings (SSSR count). The van der Waals surface area contributed by atoms with Crippen LogP contribution in [0, 0.1) is 5.82 Å². The van der Waals surface area contributed by atoms with Gasteiger partial charge in [-0.2, -0.15) is 0 Å². The normalized spacial score (nSPS) is 11.5. The number of halogens is 1. The molecule has 202 valence electrons. The summed E-state index contributed by atoms with van der Waals surface area (Å²) in [5.41, 5.74) is 11.6. The van der Waals surface area contributed by atoms with Crippen molar-refractivity contribution in [1.29, 1.82) is 0 Å². The Morgan fingerprint density at radius 3 is 2.58 bits per heavy atom. The number of benzene rings is 2. The van der Waals surface area contributed by atoms with Crippen molar-refractivity contribution in [1.82, 2.24) is 29.8 Å². The van der Waals surface area contributed by atoms with Crippen molar-refractivity contribution in [3.63, 3.8) is 0 Å².